The topological polar surface area (TPSA) is 59.6 Å². The monoisotopic (exact) mass is 300 g/mol. The molecule has 116 valence electrons. The van der Waals surface area contributed by atoms with Crippen LogP contribution in [0.1, 0.15) is 0 Å². The first-order valence-electron chi connectivity index (χ1n) is 7.08. The summed E-state index contributed by atoms with van der Waals surface area (Å²) < 4.78 is 10.4. The van der Waals surface area contributed by atoms with Crippen molar-refractivity contribution in [3.05, 3.63) is 54.6 Å². The molecule has 0 unspecified atom stereocenters. The molecule has 0 aliphatic carbocycles. The van der Waals surface area contributed by atoms with Crippen molar-refractivity contribution >= 4 is 17.3 Å². The predicted octanol–water partition coefficient (Wildman–Crippen LogP) is 2.76. The third-order valence-electron chi connectivity index (χ3n) is 2.92. The lowest BCUT2D eigenvalue weighted by Crippen LogP contribution is -2.20. The van der Waals surface area contributed by atoms with E-state index in [1.54, 1.807) is 7.11 Å². The molecule has 0 saturated heterocycles. The SMILES string of the molecule is COCCNc1ccc(NC(=O)COc2ccccc2)cc1. The zero-order chi connectivity index (χ0) is 15.6. The minimum Gasteiger partial charge on any atom is -0.484 e. The molecule has 22 heavy (non-hydrogen) atoms. The summed E-state index contributed by atoms with van der Waals surface area (Å²) >= 11 is 0. The molecule has 0 radical (unpaired) electrons. The summed E-state index contributed by atoms with van der Waals surface area (Å²) in [6.45, 7) is 1.38. The van der Waals surface area contributed by atoms with Crippen LogP contribution in [0, 0.1) is 0 Å². The van der Waals surface area contributed by atoms with E-state index in [9.17, 15) is 4.79 Å². The Labute approximate surface area is 130 Å². The molecule has 0 atom stereocenters. The molecule has 0 bridgehead atoms. The number of benzene rings is 2. The number of ether oxygens (including phenoxy) is 2. The smallest absolute Gasteiger partial charge is 0.262 e. The van der Waals surface area contributed by atoms with Gasteiger partial charge in [0, 0.05) is 25.0 Å². The van der Waals surface area contributed by atoms with Crippen molar-refractivity contribution in [2.24, 2.45) is 0 Å². The van der Waals surface area contributed by atoms with Gasteiger partial charge in [-0.2, -0.15) is 0 Å². The summed E-state index contributed by atoms with van der Waals surface area (Å²) in [5.74, 6) is 0.485. The molecule has 0 spiro atoms. The molecule has 0 fully saturated rings. The maximum Gasteiger partial charge on any atom is 0.262 e. The molecular formula is C17H20N2O3. The van der Waals surface area contributed by atoms with Crippen LogP contribution in [0.25, 0.3) is 0 Å². The quantitative estimate of drug-likeness (QED) is 0.736. The van der Waals surface area contributed by atoms with Crippen LogP contribution < -0.4 is 15.4 Å². The maximum absolute atomic E-state index is 11.8. The molecule has 2 rings (SSSR count). The fourth-order valence-electron chi connectivity index (χ4n) is 1.83. The van der Waals surface area contributed by atoms with Crippen molar-refractivity contribution in [2.75, 3.05) is 37.5 Å². The normalized spacial score (nSPS) is 10.0. The van der Waals surface area contributed by atoms with Gasteiger partial charge >= 0.3 is 0 Å². The van der Waals surface area contributed by atoms with Gasteiger partial charge in [0.15, 0.2) is 6.61 Å². The van der Waals surface area contributed by atoms with Gasteiger partial charge < -0.3 is 20.1 Å². The van der Waals surface area contributed by atoms with Gasteiger partial charge in [0.25, 0.3) is 5.91 Å². The fraction of sp³-hybridized carbons (Fsp3) is 0.235. The summed E-state index contributed by atoms with van der Waals surface area (Å²) in [4.78, 5) is 11.8. The van der Waals surface area contributed by atoms with E-state index in [-0.39, 0.29) is 12.5 Å². The first-order chi connectivity index (χ1) is 10.8. The van der Waals surface area contributed by atoms with Gasteiger partial charge in [0.1, 0.15) is 5.75 Å². The molecule has 0 saturated carbocycles. The molecule has 1 amide bonds. The molecule has 2 N–H and O–H groups in total. The summed E-state index contributed by atoms with van der Waals surface area (Å²) in [5, 5.41) is 6.00. The summed E-state index contributed by atoms with van der Waals surface area (Å²) in [6, 6.07) is 16.7. The summed E-state index contributed by atoms with van der Waals surface area (Å²) in [7, 11) is 1.66. The molecule has 2 aromatic carbocycles. The van der Waals surface area contributed by atoms with Crippen LogP contribution in [0.15, 0.2) is 54.6 Å². The van der Waals surface area contributed by atoms with Gasteiger partial charge in [-0.1, -0.05) is 18.2 Å². The van der Waals surface area contributed by atoms with E-state index >= 15 is 0 Å². The van der Waals surface area contributed by atoms with Crippen LogP contribution in [-0.2, 0) is 9.53 Å². The Morgan fingerprint density at radius 3 is 2.36 bits per heavy atom. The maximum atomic E-state index is 11.8. The molecular weight excluding hydrogens is 280 g/mol. The van der Waals surface area contributed by atoms with Crippen LogP contribution in [0.4, 0.5) is 11.4 Å². The first kappa shape index (κ1) is 15.9. The number of anilines is 2. The fourth-order valence-corrected chi connectivity index (χ4v) is 1.83. The Morgan fingerprint density at radius 2 is 1.68 bits per heavy atom. The molecule has 2 aromatic rings. The average molecular weight is 300 g/mol. The number of methoxy groups -OCH3 is 1. The van der Waals surface area contributed by atoms with Crippen LogP contribution in [0.3, 0.4) is 0 Å². The Kier molecular flexibility index (Phi) is 6.26. The number of carbonyl (C=O) groups excluding carboxylic acids is 1. The highest BCUT2D eigenvalue weighted by Gasteiger charge is 2.03. The number of para-hydroxylation sites is 1. The lowest BCUT2D eigenvalue weighted by atomic mass is 10.2. The highest BCUT2D eigenvalue weighted by Crippen LogP contribution is 2.13. The summed E-state index contributed by atoms with van der Waals surface area (Å²) in [5.41, 5.74) is 1.72. The molecule has 5 heteroatoms. The van der Waals surface area contributed by atoms with Crippen LogP contribution in [-0.4, -0.2) is 32.8 Å². The molecule has 0 heterocycles. The predicted molar refractivity (Wildman–Crippen MR) is 87.4 cm³/mol. The number of carbonyl (C=O) groups is 1. The van der Waals surface area contributed by atoms with Crippen molar-refractivity contribution in [1.82, 2.24) is 0 Å². The Balaban J connectivity index is 1.76. The number of amides is 1. The largest absolute Gasteiger partial charge is 0.484 e. The Morgan fingerprint density at radius 1 is 1.00 bits per heavy atom. The van der Waals surface area contributed by atoms with Gasteiger partial charge in [-0.05, 0) is 36.4 Å². The first-order valence-corrected chi connectivity index (χ1v) is 7.08. The molecule has 0 aliphatic heterocycles. The van der Waals surface area contributed by atoms with E-state index in [1.807, 2.05) is 54.6 Å². The number of hydrogen-bond donors (Lipinski definition) is 2. The van der Waals surface area contributed by atoms with E-state index in [0.29, 0.717) is 12.4 Å². The van der Waals surface area contributed by atoms with Crippen molar-refractivity contribution in [3.63, 3.8) is 0 Å². The Bertz CT molecular complexity index is 570. The minimum atomic E-state index is -0.191. The van der Waals surface area contributed by atoms with Crippen molar-refractivity contribution in [1.29, 1.82) is 0 Å². The second-order valence-electron chi connectivity index (χ2n) is 4.65. The Hall–Kier alpha value is -2.53. The van der Waals surface area contributed by atoms with Crippen LogP contribution in [0.5, 0.6) is 5.75 Å². The van der Waals surface area contributed by atoms with Gasteiger partial charge in [0.05, 0.1) is 6.61 Å². The van der Waals surface area contributed by atoms with Crippen molar-refractivity contribution in [3.8, 4) is 5.75 Å². The van der Waals surface area contributed by atoms with Crippen molar-refractivity contribution in [2.45, 2.75) is 0 Å². The number of hydrogen-bond acceptors (Lipinski definition) is 4. The summed E-state index contributed by atoms with van der Waals surface area (Å²) in [6.07, 6.45) is 0. The zero-order valence-electron chi connectivity index (χ0n) is 12.5. The van der Waals surface area contributed by atoms with E-state index in [1.165, 1.54) is 0 Å². The standard InChI is InChI=1S/C17H20N2O3/c1-21-12-11-18-14-7-9-15(10-8-14)19-17(20)13-22-16-5-3-2-4-6-16/h2-10,18H,11-13H2,1H3,(H,19,20). The highest BCUT2D eigenvalue weighted by molar-refractivity contribution is 5.92. The van der Waals surface area contributed by atoms with E-state index in [0.717, 1.165) is 17.9 Å². The highest BCUT2D eigenvalue weighted by atomic mass is 16.5. The van der Waals surface area contributed by atoms with E-state index < -0.39 is 0 Å². The third kappa shape index (κ3) is 5.46. The second kappa shape index (κ2) is 8.69. The van der Waals surface area contributed by atoms with Crippen LogP contribution in [0.2, 0.25) is 0 Å². The van der Waals surface area contributed by atoms with E-state index in [2.05, 4.69) is 10.6 Å². The van der Waals surface area contributed by atoms with Crippen molar-refractivity contribution < 1.29 is 14.3 Å². The molecule has 5 nitrogen and oxygen atoms in total. The number of nitrogens with one attached hydrogen (secondary N) is 2. The lowest BCUT2D eigenvalue weighted by Gasteiger charge is -2.09. The second-order valence-corrected chi connectivity index (χ2v) is 4.65. The zero-order valence-corrected chi connectivity index (χ0v) is 12.5. The molecule has 0 aliphatic rings. The van der Waals surface area contributed by atoms with Gasteiger partial charge in [-0.25, -0.2) is 0 Å². The average Bonchev–Trinajstić information content (AvgIpc) is 2.56. The van der Waals surface area contributed by atoms with Crippen LogP contribution >= 0.6 is 0 Å². The molecule has 0 aromatic heterocycles. The van der Waals surface area contributed by atoms with Gasteiger partial charge in [-0.15, -0.1) is 0 Å². The lowest BCUT2D eigenvalue weighted by molar-refractivity contribution is -0.118. The third-order valence-corrected chi connectivity index (χ3v) is 2.92. The van der Waals surface area contributed by atoms with Gasteiger partial charge in [0.2, 0.25) is 0 Å². The number of rotatable bonds is 8. The van der Waals surface area contributed by atoms with E-state index in [4.69, 9.17) is 9.47 Å². The minimum absolute atomic E-state index is 0.0160. The van der Waals surface area contributed by atoms with Gasteiger partial charge in [-0.3, -0.25) is 4.79 Å².